The van der Waals surface area contributed by atoms with Crippen molar-refractivity contribution in [2.75, 3.05) is 24.0 Å². The van der Waals surface area contributed by atoms with E-state index in [0.29, 0.717) is 16.5 Å². The predicted molar refractivity (Wildman–Crippen MR) is 81.8 cm³/mol. The Kier molecular flexibility index (Phi) is 5.68. The Bertz CT molecular complexity index is 512. The molecule has 5 heteroatoms. The Balaban J connectivity index is 2.79. The summed E-state index contributed by atoms with van der Waals surface area (Å²) in [4.78, 5) is 0.350. The van der Waals surface area contributed by atoms with Crippen molar-refractivity contribution in [3.05, 3.63) is 24.3 Å². The van der Waals surface area contributed by atoms with Crippen molar-refractivity contribution < 1.29 is 8.42 Å². The number of sulfone groups is 1. The Hall–Kier alpha value is -0.740. The fourth-order valence-electron chi connectivity index (χ4n) is 1.90. The number of anilines is 1. The summed E-state index contributed by atoms with van der Waals surface area (Å²) < 4.78 is 23.4. The molecule has 0 bridgehead atoms. The maximum Gasteiger partial charge on any atom is 0.177 e. The molecule has 0 saturated heterocycles. The molecule has 0 amide bonds. The molecule has 1 rings (SSSR count). The van der Waals surface area contributed by atoms with Crippen LogP contribution in [0.2, 0.25) is 0 Å². The minimum absolute atomic E-state index is 0.0828. The molecule has 0 aliphatic rings. The molecule has 0 radical (unpaired) electrons. The lowest BCUT2D eigenvalue weighted by Gasteiger charge is -2.25. The van der Waals surface area contributed by atoms with Crippen LogP contribution in [0.15, 0.2) is 29.2 Å². The molecule has 0 aromatic heterocycles. The highest BCUT2D eigenvalue weighted by Crippen LogP contribution is 2.26. The molecule has 108 valence electrons. The van der Waals surface area contributed by atoms with Crippen LogP contribution in [0.25, 0.3) is 0 Å². The van der Waals surface area contributed by atoms with Crippen LogP contribution in [0.1, 0.15) is 26.7 Å². The average Bonchev–Trinajstić information content (AvgIpc) is 2.33. The van der Waals surface area contributed by atoms with Gasteiger partial charge in [-0.15, -0.1) is 11.6 Å². The van der Waals surface area contributed by atoms with Gasteiger partial charge in [0.25, 0.3) is 0 Å². The second-order valence-electron chi connectivity index (χ2n) is 5.58. The molecule has 0 heterocycles. The normalized spacial score (nSPS) is 12.4. The van der Waals surface area contributed by atoms with Crippen molar-refractivity contribution in [2.45, 2.75) is 31.6 Å². The highest BCUT2D eigenvalue weighted by Gasteiger charge is 2.19. The summed E-state index contributed by atoms with van der Waals surface area (Å²) >= 11 is 5.71. The second kappa shape index (κ2) is 6.62. The molecular weight excluding hydrogens is 282 g/mol. The van der Waals surface area contributed by atoms with Gasteiger partial charge in [0.2, 0.25) is 0 Å². The van der Waals surface area contributed by atoms with Crippen LogP contribution in [-0.4, -0.2) is 27.1 Å². The molecule has 1 N–H and O–H groups in total. The lowest BCUT2D eigenvalue weighted by atomic mass is 9.88. The second-order valence-corrected chi connectivity index (χ2v) is 7.94. The molecule has 0 unspecified atom stereocenters. The lowest BCUT2D eigenvalue weighted by Crippen LogP contribution is -2.24. The molecule has 0 saturated carbocycles. The minimum Gasteiger partial charge on any atom is -0.383 e. The number of hydrogen-bond donors (Lipinski definition) is 1. The largest absolute Gasteiger partial charge is 0.383 e. The standard InChI is InChI=1S/C14H22ClNO2S/c1-14(2,9-6-10-15)11-16-12-7-4-5-8-13(12)19(3,17)18/h4-5,7-8,16H,6,9-11H2,1-3H3. The molecule has 0 atom stereocenters. The van der Waals surface area contributed by atoms with Crippen molar-refractivity contribution in [1.82, 2.24) is 0 Å². The van der Waals surface area contributed by atoms with Gasteiger partial charge in [0.05, 0.1) is 10.6 Å². The van der Waals surface area contributed by atoms with Gasteiger partial charge >= 0.3 is 0 Å². The van der Waals surface area contributed by atoms with Crippen molar-refractivity contribution in [3.63, 3.8) is 0 Å². The SMILES string of the molecule is CC(C)(CCCCl)CNc1ccccc1S(C)(=O)=O. The summed E-state index contributed by atoms with van der Waals surface area (Å²) in [5.74, 6) is 0.656. The molecule has 3 nitrogen and oxygen atoms in total. The van der Waals surface area contributed by atoms with E-state index in [1.54, 1.807) is 18.2 Å². The Morgan fingerprint density at radius 2 is 1.89 bits per heavy atom. The van der Waals surface area contributed by atoms with Gasteiger partial charge in [-0.3, -0.25) is 0 Å². The van der Waals surface area contributed by atoms with Crippen LogP contribution in [0.4, 0.5) is 5.69 Å². The van der Waals surface area contributed by atoms with E-state index in [1.165, 1.54) is 6.26 Å². The quantitative estimate of drug-likeness (QED) is 0.784. The third kappa shape index (κ3) is 5.41. The predicted octanol–water partition coefficient (Wildman–Crippen LogP) is 3.55. The van der Waals surface area contributed by atoms with Crippen LogP contribution in [0.3, 0.4) is 0 Å². The molecule has 0 aliphatic carbocycles. The zero-order valence-corrected chi connectivity index (χ0v) is 13.3. The first kappa shape index (κ1) is 16.3. The molecular formula is C14H22ClNO2S. The summed E-state index contributed by atoms with van der Waals surface area (Å²) in [6.07, 6.45) is 3.20. The molecule has 1 aromatic rings. The van der Waals surface area contributed by atoms with Crippen molar-refractivity contribution >= 4 is 27.1 Å². The van der Waals surface area contributed by atoms with Crippen LogP contribution in [0, 0.1) is 5.41 Å². The van der Waals surface area contributed by atoms with Crippen LogP contribution < -0.4 is 5.32 Å². The van der Waals surface area contributed by atoms with E-state index in [4.69, 9.17) is 11.6 Å². The lowest BCUT2D eigenvalue weighted by molar-refractivity contribution is 0.355. The third-order valence-electron chi connectivity index (χ3n) is 3.03. The van der Waals surface area contributed by atoms with E-state index in [2.05, 4.69) is 19.2 Å². The zero-order chi connectivity index (χ0) is 14.5. The zero-order valence-electron chi connectivity index (χ0n) is 11.7. The smallest absolute Gasteiger partial charge is 0.177 e. The first-order chi connectivity index (χ1) is 8.76. The van der Waals surface area contributed by atoms with Gasteiger partial charge in [0.15, 0.2) is 9.84 Å². The van der Waals surface area contributed by atoms with Crippen LogP contribution in [-0.2, 0) is 9.84 Å². The third-order valence-corrected chi connectivity index (χ3v) is 4.45. The Labute approximate surface area is 121 Å². The first-order valence-electron chi connectivity index (χ1n) is 6.35. The van der Waals surface area contributed by atoms with Gasteiger partial charge in [-0.1, -0.05) is 26.0 Å². The fourth-order valence-corrected chi connectivity index (χ4v) is 2.90. The number of alkyl halides is 1. The monoisotopic (exact) mass is 303 g/mol. The van der Waals surface area contributed by atoms with Gasteiger partial charge in [-0.2, -0.15) is 0 Å². The maximum absolute atomic E-state index is 11.7. The molecule has 0 fully saturated rings. The summed E-state index contributed by atoms with van der Waals surface area (Å²) in [6.45, 7) is 5.02. The van der Waals surface area contributed by atoms with E-state index in [9.17, 15) is 8.42 Å². The van der Waals surface area contributed by atoms with E-state index in [-0.39, 0.29) is 5.41 Å². The maximum atomic E-state index is 11.7. The van der Waals surface area contributed by atoms with Gasteiger partial charge in [0, 0.05) is 18.7 Å². The number of nitrogens with one attached hydrogen (secondary N) is 1. The molecule has 0 aliphatic heterocycles. The Morgan fingerprint density at radius 3 is 2.47 bits per heavy atom. The van der Waals surface area contributed by atoms with Gasteiger partial charge in [-0.05, 0) is 30.4 Å². The fraction of sp³-hybridized carbons (Fsp3) is 0.571. The highest BCUT2D eigenvalue weighted by atomic mass is 35.5. The number of rotatable bonds is 7. The topological polar surface area (TPSA) is 46.2 Å². The van der Waals surface area contributed by atoms with Crippen LogP contribution in [0.5, 0.6) is 0 Å². The van der Waals surface area contributed by atoms with Crippen molar-refractivity contribution in [2.24, 2.45) is 5.41 Å². The van der Waals surface area contributed by atoms with Gasteiger partial charge < -0.3 is 5.32 Å². The van der Waals surface area contributed by atoms with Gasteiger partial charge in [-0.25, -0.2) is 8.42 Å². The molecule has 0 spiro atoms. The number of benzene rings is 1. The summed E-state index contributed by atoms with van der Waals surface area (Å²) in [5, 5.41) is 3.25. The molecule has 1 aromatic carbocycles. The minimum atomic E-state index is -3.20. The molecule has 19 heavy (non-hydrogen) atoms. The average molecular weight is 304 g/mol. The summed E-state index contributed by atoms with van der Waals surface area (Å²) in [7, 11) is -3.20. The highest BCUT2D eigenvalue weighted by molar-refractivity contribution is 7.90. The van der Waals surface area contributed by atoms with Crippen LogP contribution >= 0.6 is 11.6 Å². The summed E-state index contributed by atoms with van der Waals surface area (Å²) in [6, 6.07) is 7.00. The van der Waals surface area contributed by atoms with Crippen molar-refractivity contribution in [3.8, 4) is 0 Å². The Morgan fingerprint density at radius 1 is 1.26 bits per heavy atom. The van der Waals surface area contributed by atoms with E-state index >= 15 is 0 Å². The van der Waals surface area contributed by atoms with E-state index in [1.807, 2.05) is 6.07 Å². The number of para-hydroxylation sites is 1. The number of hydrogen-bond acceptors (Lipinski definition) is 3. The van der Waals surface area contributed by atoms with E-state index in [0.717, 1.165) is 19.4 Å². The first-order valence-corrected chi connectivity index (χ1v) is 8.78. The summed E-state index contributed by atoms with van der Waals surface area (Å²) in [5.41, 5.74) is 0.753. The number of halogens is 1. The van der Waals surface area contributed by atoms with Crippen molar-refractivity contribution in [1.29, 1.82) is 0 Å². The van der Waals surface area contributed by atoms with E-state index < -0.39 is 9.84 Å². The van der Waals surface area contributed by atoms with Gasteiger partial charge in [0.1, 0.15) is 0 Å².